The lowest BCUT2D eigenvalue weighted by molar-refractivity contribution is -0.282. The average molecular weight is 491 g/mol. The van der Waals surface area contributed by atoms with E-state index in [-0.39, 0.29) is 30.3 Å². The summed E-state index contributed by atoms with van der Waals surface area (Å²) >= 11 is 0. The molecule has 10 atom stereocenters. The molecule has 0 aromatic rings. The molecule has 0 spiro atoms. The van der Waals surface area contributed by atoms with Gasteiger partial charge in [0.15, 0.2) is 0 Å². The van der Waals surface area contributed by atoms with Crippen molar-refractivity contribution in [1.29, 1.82) is 0 Å². The van der Waals surface area contributed by atoms with Crippen LogP contribution in [0.2, 0.25) is 0 Å². The van der Waals surface area contributed by atoms with Crippen LogP contribution in [-0.2, 0) is 9.53 Å². The van der Waals surface area contributed by atoms with E-state index < -0.39 is 23.2 Å². The molecule has 0 aromatic heterocycles. The van der Waals surface area contributed by atoms with Crippen LogP contribution < -0.4 is 0 Å². The third kappa shape index (κ3) is 4.42. The first-order chi connectivity index (χ1) is 16.4. The summed E-state index contributed by atoms with van der Waals surface area (Å²) < 4.78 is 5.61. The van der Waals surface area contributed by atoms with E-state index in [9.17, 15) is 20.1 Å². The summed E-state index contributed by atoms with van der Waals surface area (Å²) in [4.78, 5) is 11.8. The van der Waals surface area contributed by atoms with Gasteiger partial charge in [0.05, 0.1) is 12.2 Å². The molecule has 4 aliphatic rings. The Morgan fingerprint density at radius 1 is 1.09 bits per heavy atom. The van der Waals surface area contributed by atoms with Gasteiger partial charge in [0.2, 0.25) is 0 Å². The van der Waals surface area contributed by atoms with Gasteiger partial charge in [-0.05, 0) is 98.7 Å². The fraction of sp³-hybridized carbons (Fsp3) is 0.900. The number of carbonyl (C=O) groups is 1. The number of rotatable bonds is 7. The molecule has 4 fully saturated rings. The summed E-state index contributed by atoms with van der Waals surface area (Å²) in [6.45, 7) is 15.2. The molecule has 0 amide bonds. The summed E-state index contributed by atoms with van der Waals surface area (Å²) in [5, 5.41) is 33.8. The first-order valence-electron chi connectivity index (χ1n) is 14.2. The molecule has 3 unspecified atom stereocenters. The molecule has 0 aliphatic heterocycles. The van der Waals surface area contributed by atoms with E-state index in [1.807, 2.05) is 0 Å². The van der Waals surface area contributed by atoms with Gasteiger partial charge in [-0.15, -0.1) is 0 Å². The van der Waals surface area contributed by atoms with E-state index >= 15 is 0 Å². The number of aliphatic hydroxyl groups excluding tert-OH is 2. The Morgan fingerprint density at radius 2 is 1.80 bits per heavy atom. The van der Waals surface area contributed by atoms with Crippen LogP contribution in [0, 0.1) is 46.3 Å². The summed E-state index contributed by atoms with van der Waals surface area (Å²) in [5.74, 6) is 2.54. The van der Waals surface area contributed by atoms with Gasteiger partial charge in [-0.1, -0.05) is 39.8 Å². The van der Waals surface area contributed by atoms with Crippen LogP contribution in [0.15, 0.2) is 12.2 Å². The highest BCUT2D eigenvalue weighted by Gasteiger charge is 2.69. The second-order valence-corrected chi connectivity index (χ2v) is 13.4. The zero-order valence-corrected chi connectivity index (χ0v) is 22.8. The highest BCUT2D eigenvalue weighted by Crippen LogP contribution is 2.69. The molecule has 4 saturated carbocycles. The average Bonchev–Trinajstić information content (AvgIpc) is 3.14. The summed E-state index contributed by atoms with van der Waals surface area (Å²) in [6, 6.07) is 0. The number of carbonyl (C=O) groups excluding carboxylic acids is 1. The van der Waals surface area contributed by atoms with Crippen LogP contribution in [0.5, 0.6) is 0 Å². The van der Waals surface area contributed by atoms with Gasteiger partial charge in [-0.3, -0.25) is 4.79 Å². The molecule has 5 nitrogen and oxygen atoms in total. The molecule has 5 heteroatoms. The Bertz CT molecular complexity index is 809. The number of fused-ring (bicyclic) bond motifs is 5. The third-order valence-corrected chi connectivity index (χ3v) is 11.6. The zero-order chi connectivity index (χ0) is 25.8. The zero-order valence-electron chi connectivity index (χ0n) is 22.8. The van der Waals surface area contributed by atoms with Crippen molar-refractivity contribution in [2.45, 2.75) is 117 Å². The highest BCUT2D eigenvalue weighted by molar-refractivity contribution is 5.66. The van der Waals surface area contributed by atoms with Gasteiger partial charge in [0.25, 0.3) is 0 Å². The van der Waals surface area contributed by atoms with E-state index in [2.05, 4.69) is 34.3 Å². The molecule has 4 rings (SSSR count). The smallest absolute Gasteiger partial charge is 0.302 e. The van der Waals surface area contributed by atoms with Crippen LogP contribution in [0.25, 0.3) is 0 Å². The van der Waals surface area contributed by atoms with E-state index in [1.165, 1.54) is 31.8 Å². The van der Waals surface area contributed by atoms with Crippen molar-refractivity contribution in [3.63, 3.8) is 0 Å². The summed E-state index contributed by atoms with van der Waals surface area (Å²) in [6.07, 6.45) is 7.21. The minimum Gasteiger partial charge on any atom is -0.465 e. The van der Waals surface area contributed by atoms with E-state index in [0.717, 1.165) is 19.3 Å². The maximum absolute atomic E-state index is 11.9. The molecule has 0 aromatic carbocycles. The Kier molecular flexibility index (Phi) is 7.57. The molecular formula is C30H50O5. The van der Waals surface area contributed by atoms with Gasteiger partial charge >= 0.3 is 5.97 Å². The number of hydrogen-bond acceptors (Lipinski definition) is 5. The highest BCUT2D eigenvalue weighted by atomic mass is 16.5. The SMILES string of the molecule is C=C(CC[C@@H](C)[C@H]1CCC2C3C[C@@H](O)[C@@]4(O)C[C@@H](O)CC[C@]4(COC(C)=O)C3CC[C@@]21C)C(C)C. The van der Waals surface area contributed by atoms with Crippen LogP contribution in [-0.4, -0.2) is 45.7 Å². The van der Waals surface area contributed by atoms with Gasteiger partial charge in [0, 0.05) is 18.8 Å². The molecule has 200 valence electrons. The van der Waals surface area contributed by atoms with Gasteiger partial charge in [-0.2, -0.15) is 0 Å². The van der Waals surface area contributed by atoms with Crippen molar-refractivity contribution in [3.05, 3.63) is 12.2 Å². The molecule has 3 N–H and O–H groups in total. The van der Waals surface area contributed by atoms with Crippen molar-refractivity contribution < 1.29 is 24.9 Å². The Hall–Kier alpha value is -0.910. The lowest BCUT2D eigenvalue weighted by atomic mass is 9.42. The number of esters is 1. The van der Waals surface area contributed by atoms with Crippen LogP contribution >= 0.6 is 0 Å². The first-order valence-corrected chi connectivity index (χ1v) is 14.2. The van der Waals surface area contributed by atoms with E-state index in [4.69, 9.17) is 4.74 Å². The van der Waals surface area contributed by atoms with Crippen molar-refractivity contribution >= 4 is 5.97 Å². The predicted molar refractivity (Wildman–Crippen MR) is 137 cm³/mol. The fourth-order valence-electron chi connectivity index (χ4n) is 9.45. The minimum atomic E-state index is -1.41. The van der Waals surface area contributed by atoms with Gasteiger partial charge < -0.3 is 20.1 Å². The molecule has 0 bridgehead atoms. The predicted octanol–water partition coefficient (Wildman–Crippen LogP) is 5.26. The van der Waals surface area contributed by atoms with Crippen LogP contribution in [0.4, 0.5) is 0 Å². The quantitative estimate of drug-likeness (QED) is 0.335. The lowest BCUT2D eigenvalue weighted by Gasteiger charge is -2.65. The maximum atomic E-state index is 11.9. The van der Waals surface area contributed by atoms with E-state index in [0.29, 0.717) is 48.9 Å². The summed E-state index contributed by atoms with van der Waals surface area (Å²) in [7, 11) is 0. The molecular weight excluding hydrogens is 440 g/mol. The third-order valence-electron chi connectivity index (χ3n) is 11.6. The minimum absolute atomic E-state index is 0.143. The van der Waals surface area contributed by atoms with Crippen molar-refractivity contribution in [1.82, 2.24) is 0 Å². The molecule has 0 heterocycles. The molecule has 4 aliphatic carbocycles. The van der Waals surface area contributed by atoms with Gasteiger partial charge in [0.1, 0.15) is 12.2 Å². The van der Waals surface area contributed by atoms with Crippen molar-refractivity contribution in [3.8, 4) is 0 Å². The van der Waals surface area contributed by atoms with Crippen LogP contribution in [0.1, 0.15) is 98.8 Å². The largest absolute Gasteiger partial charge is 0.465 e. The van der Waals surface area contributed by atoms with E-state index in [1.54, 1.807) is 0 Å². The number of aliphatic hydroxyl groups is 3. The topological polar surface area (TPSA) is 87.0 Å². The molecule has 0 radical (unpaired) electrons. The number of allylic oxidation sites excluding steroid dienone is 1. The maximum Gasteiger partial charge on any atom is 0.302 e. The Morgan fingerprint density at radius 3 is 2.46 bits per heavy atom. The fourth-order valence-corrected chi connectivity index (χ4v) is 9.45. The van der Waals surface area contributed by atoms with Crippen molar-refractivity contribution in [2.24, 2.45) is 46.3 Å². The first kappa shape index (κ1) is 27.1. The molecule has 0 saturated heterocycles. The second-order valence-electron chi connectivity index (χ2n) is 13.4. The normalized spacial score (nSPS) is 45.9. The lowest BCUT2D eigenvalue weighted by Crippen LogP contribution is -2.71. The number of hydrogen-bond donors (Lipinski definition) is 3. The Labute approximate surface area is 212 Å². The monoisotopic (exact) mass is 490 g/mol. The second kappa shape index (κ2) is 9.76. The van der Waals surface area contributed by atoms with Crippen molar-refractivity contribution in [2.75, 3.05) is 6.61 Å². The van der Waals surface area contributed by atoms with Crippen LogP contribution in [0.3, 0.4) is 0 Å². The standard InChI is InChI=1S/C30H50O5/c1-18(2)19(3)7-8-20(4)24-9-10-25-23-15-27(33)30(34)16-22(32)11-14-29(30,17-35-21(5)31)26(23)12-13-28(24,25)6/h18,20,22-27,32-34H,3,7-17H2,1-2,4-6H3/t20-,22+,23?,24-,25?,26?,27-,28-,29+,30+/m1/s1. The Balaban J connectivity index is 1.59. The summed E-state index contributed by atoms with van der Waals surface area (Å²) in [5.41, 5.74) is -0.495. The molecule has 35 heavy (non-hydrogen) atoms. The van der Waals surface area contributed by atoms with Gasteiger partial charge in [-0.25, -0.2) is 0 Å². The number of ether oxygens (including phenoxy) is 1.